The second-order valence-electron chi connectivity index (χ2n) is 4.75. The van der Waals surface area contributed by atoms with Crippen molar-refractivity contribution in [2.24, 2.45) is 0 Å². The van der Waals surface area contributed by atoms with Crippen molar-refractivity contribution in [3.63, 3.8) is 0 Å². The minimum atomic E-state index is -0.786. The van der Waals surface area contributed by atoms with Gasteiger partial charge in [0.1, 0.15) is 5.82 Å². The molecule has 0 aliphatic heterocycles. The molecule has 1 fully saturated rings. The molecule has 0 atom stereocenters. The maximum atomic E-state index is 13.3. The van der Waals surface area contributed by atoms with Crippen LogP contribution in [-0.2, 0) is 12.0 Å². The predicted octanol–water partition coefficient (Wildman–Crippen LogP) is 3.54. The van der Waals surface area contributed by atoms with Crippen molar-refractivity contribution < 1.29 is 9.50 Å². The highest BCUT2D eigenvalue weighted by Crippen LogP contribution is 2.38. The van der Waals surface area contributed by atoms with Crippen molar-refractivity contribution in [3.8, 4) is 0 Å². The fraction of sp³-hybridized carbons (Fsp3) is 0.571. The van der Waals surface area contributed by atoms with Crippen molar-refractivity contribution in [2.75, 3.05) is 0 Å². The molecule has 2 heteroatoms. The van der Waals surface area contributed by atoms with Crippen molar-refractivity contribution in [2.45, 2.75) is 51.0 Å². The van der Waals surface area contributed by atoms with Gasteiger partial charge in [0.2, 0.25) is 0 Å². The van der Waals surface area contributed by atoms with Gasteiger partial charge in [-0.3, -0.25) is 0 Å². The smallest absolute Gasteiger partial charge is 0.123 e. The Morgan fingerprint density at radius 2 is 1.94 bits per heavy atom. The standard InChI is InChI=1S/C14H19FO/c1-2-11-6-7-12(15)10-13(11)14(16)8-4-3-5-9-14/h6-7,10,16H,2-5,8-9H2,1H3. The van der Waals surface area contributed by atoms with E-state index < -0.39 is 5.60 Å². The van der Waals surface area contributed by atoms with E-state index in [9.17, 15) is 9.50 Å². The van der Waals surface area contributed by atoms with Crippen LogP contribution in [-0.4, -0.2) is 5.11 Å². The normalized spacial score (nSPS) is 19.7. The van der Waals surface area contributed by atoms with Crippen LogP contribution in [0.4, 0.5) is 4.39 Å². The molecule has 1 N–H and O–H groups in total. The number of benzene rings is 1. The summed E-state index contributed by atoms with van der Waals surface area (Å²) in [5, 5.41) is 10.6. The molecule has 0 aromatic heterocycles. The molecule has 1 aromatic carbocycles. The molecule has 16 heavy (non-hydrogen) atoms. The van der Waals surface area contributed by atoms with Gasteiger partial charge < -0.3 is 5.11 Å². The zero-order valence-corrected chi connectivity index (χ0v) is 9.80. The molecule has 0 radical (unpaired) electrons. The van der Waals surface area contributed by atoms with E-state index in [4.69, 9.17) is 0 Å². The molecule has 0 bridgehead atoms. The molecule has 88 valence electrons. The highest BCUT2D eigenvalue weighted by Gasteiger charge is 2.32. The zero-order valence-electron chi connectivity index (χ0n) is 9.80. The van der Waals surface area contributed by atoms with E-state index in [1.54, 1.807) is 6.07 Å². The molecular formula is C14H19FO. The van der Waals surface area contributed by atoms with Crippen LogP contribution in [0, 0.1) is 5.82 Å². The van der Waals surface area contributed by atoms with Gasteiger partial charge in [-0.15, -0.1) is 0 Å². The minimum Gasteiger partial charge on any atom is -0.385 e. The monoisotopic (exact) mass is 222 g/mol. The Kier molecular flexibility index (Phi) is 3.29. The fourth-order valence-corrected chi connectivity index (χ4v) is 2.70. The average Bonchev–Trinajstić information content (AvgIpc) is 2.30. The van der Waals surface area contributed by atoms with Crippen LogP contribution in [0.25, 0.3) is 0 Å². The lowest BCUT2D eigenvalue weighted by Crippen LogP contribution is -2.29. The molecule has 1 saturated carbocycles. The molecule has 1 aliphatic carbocycles. The lowest BCUT2D eigenvalue weighted by molar-refractivity contribution is -0.00163. The fourth-order valence-electron chi connectivity index (χ4n) is 2.70. The van der Waals surface area contributed by atoms with E-state index in [1.807, 2.05) is 6.92 Å². The second kappa shape index (κ2) is 4.54. The number of hydrogen-bond acceptors (Lipinski definition) is 1. The number of halogens is 1. The van der Waals surface area contributed by atoms with E-state index >= 15 is 0 Å². The van der Waals surface area contributed by atoms with Gasteiger partial charge in [0, 0.05) is 0 Å². The highest BCUT2D eigenvalue weighted by atomic mass is 19.1. The summed E-state index contributed by atoms with van der Waals surface area (Å²) in [6.07, 6.45) is 5.64. The Hall–Kier alpha value is -0.890. The van der Waals surface area contributed by atoms with Gasteiger partial charge in [0.25, 0.3) is 0 Å². The third-order valence-corrected chi connectivity index (χ3v) is 3.63. The lowest BCUT2D eigenvalue weighted by atomic mass is 9.77. The summed E-state index contributed by atoms with van der Waals surface area (Å²) in [5.41, 5.74) is 1.10. The number of aliphatic hydroxyl groups is 1. The third kappa shape index (κ3) is 2.12. The Morgan fingerprint density at radius 3 is 2.56 bits per heavy atom. The highest BCUT2D eigenvalue weighted by molar-refractivity contribution is 5.33. The first kappa shape index (κ1) is 11.6. The van der Waals surface area contributed by atoms with Gasteiger partial charge in [-0.05, 0) is 42.5 Å². The lowest BCUT2D eigenvalue weighted by Gasteiger charge is -2.34. The van der Waals surface area contributed by atoms with Gasteiger partial charge >= 0.3 is 0 Å². The molecule has 0 heterocycles. The van der Waals surface area contributed by atoms with Gasteiger partial charge in [0.05, 0.1) is 5.60 Å². The maximum Gasteiger partial charge on any atom is 0.123 e. The second-order valence-corrected chi connectivity index (χ2v) is 4.75. The molecule has 2 rings (SSSR count). The van der Waals surface area contributed by atoms with Crippen LogP contribution >= 0.6 is 0 Å². The van der Waals surface area contributed by atoms with Gasteiger partial charge in [0.15, 0.2) is 0 Å². The van der Waals surface area contributed by atoms with Crippen molar-refractivity contribution in [1.82, 2.24) is 0 Å². The Morgan fingerprint density at radius 1 is 1.25 bits per heavy atom. The molecule has 0 unspecified atom stereocenters. The summed E-state index contributed by atoms with van der Waals surface area (Å²) in [6.45, 7) is 2.04. The van der Waals surface area contributed by atoms with Gasteiger partial charge in [-0.25, -0.2) is 4.39 Å². The quantitative estimate of drug-likeness (QED) is 0.811. The molecule has 1 nitrogen and oxygen atoms in total. The number of aryl methyl sites for hydroxylation is 1. The molecular weight excluding hydrogens is 203 g/mol. The Labute approximate surface area is 96.3 Å². The van der Waals surface area contributed by atoms with Crippen molar-refractivity contribution in [1.29, 1.82) is 0 Å². The van der Waals surface area contributed by atoms with Crippen LogP contribution in [0.3, 0.4) is 0 Å². The summed E-state index contributed by atoms with van der Waals surface area (Å²) >= 11 is 0. The van der Waals surface area contributed by atoms with E-state index in [0.29, 0.717) is 0 Å². The van der Waals surface area contributed by atoms with Crippen LogP contribution in [0.2, 0.25) is 0 Å². The van der Waals surface area contributed by atoms with E-state index in [1.165, 1.54) is 18.6 Å². The SMILES string of the molecule is CCc1ccc(F)cc1C1(O)CCCCC1. The van der Waals surface area contributed by atoms with E-state index in [0.717, 1.165) is 43.2 Å². The molecule has 1 aliphatic rings. The summed E-state index contributed by atoms with van der Waals surface area (Å²) in [6, 6.07) is 4.80. The molecule has 1 aromatic rings. The average molecular weight is 222 g/mol. The van der Waals surface area contributed by atoms with Gasteiger partial charge in [-0.2, -0.15) is 0 Å². The predicted molar refractivity (Wildman–Crippen MR) is 62.8 cm³/mol. The van der Waals surface area contributed by atoms with Crippen molar-refractivity contribution in [3.05, 3.63) is 35.1 Å². The summed E-state index contributed by atoms with van der Waals surface area (Å²) in [5.74, 6) is -0.244. The Bertz CT molecular complexity index is 367. The summed E-state index contributed by atoms with van der Waals surface area (Å²) in [7, 11) is 0. The van der Waals surface area contributed by atoms with Crippen LogP contribution in [0.1, 0.15) is 50.2 Å². The molecule has 0 amide bonds. The zero-order chi connectivity index (χ0) is 11.6. The summed E-state index contributed by atoms with van der Waals surface area (Å²) < 4.78 is 13.3. The number of hydrogen-bond donors (Lipinski definition) is 1. The molecule has 0 spiro atoms. The first-order valence-corrected chi connectivity index (χ1v) is 6.17. The first-order valence-electron chi connectivity index (χ1n) is 6.17. The van der Waals surface area contributed by atoms with E-state index in [2.05, 4.69) is 0 Å². The topological polar surface area (TPSA) is 20.2 Å². The van der Waals surface area contributed by atoms with Crippen molar-refractivity contribution >= 4 is 0 Å². The summed E-state index contributed by atoms with van der Waals surface area (Å²) in [4.78, 5) is 0. The third-order valence-electron chi connectivity index (χ3n) is 3.63. The maximum absolute atomic E-state index is 13.3. The van der Waals surface area contributed by atoms with Gasteiger partial charge in [-0.1, -0.05) is 32.3 Å². The number of rotatable bonds is 2. The minimum absolute atomic E-state index is 0.244. The Balaban J connectivity index is 2.40. The van der Waals surface area contributed by atoms with Crippen LogP contribution in [0.5, 0.6) is 0 Å². The van der Waals surface area contributed by atoms with Crippen LogP contribution < -0.4 is 0 Å². The largest absolute Gasteiger partial charge is 0.385 e. The first-order chi connectivity index (χ1) is 7.65. The van der Waals surface area contributed by atoms with Crippen LogP contribution in [0.15, 0.2) is 18.2 Å². The van der Waals surface area contributed by atoms with E-state index in [-0.39, 0.29) is 5.82 Å². The molecule has 0 saturated heterocycles.